The van der Waals surface area contributed by atoms with Gasteiger partial charge >= 0.3 is 0 Å². The Morgan fingerprint density at radius 1 is 1.36 bits per heavy atom. The van der Waals surface area contributed by atoms with Crippen LogP contribution in [0.1, 0.15) is 39.0 Å². The van der Waals surface area contributed by atoms with E-state index in [-0.39, 0.29) is 0 Å². The second kappa shape index (κ2) is 4.63. The van der Waals surface area contributed by atoms with Crippen molar-refractivity contribution in [3.8, 4) is 0 Å². The van der Waals surface area contributed by atoms with Crippen LogP contribution in [0.2, 0.25) is 0 Å². The summed E-state index contributed by atoms with van der Waals surface area (Å²) in [5.74, 6) is 3.11. The highest BCUT2D eigenvalue weighted by Crippen LogP contribution is 2.47. The molecular weight excluding hydrogens is 172 g/mol. The molecule has 0 saturated heterocycles. The molecule has 82 valence electrons. The van der Waals surface area contributed by atoms with Crippen LogP contribution in [0.25, 0.3) is 0 Å². The lowest BCUT2D eigenvalue weighted by atomic mass is 9.88. The lowest BCUT2D eigenvalue weighted by molar-refractivity contribution is 0.306. The Morgan fingerprint density at radius 3 is 2.79 bits per heavy atom. The van der Waals surface area contributed by atoms with Crippen LogP contribution >= 0.6 is 0 Å². The quantitative estimate of drug-likeness (QED) is 0.703. The van der Waals surface area contributed by atoms with Crippen LogP contribution in [0.4, 0.5) is 0 Å². The number of fused-ring (bicyclic) bond motifs is 2. The molecule has 2 aliphatic carbocycles. The highest BCUT2D eigenvalue weighted by Gasteiger charge is 2.38. The predicted octanol–water partition coefficient (Wildman–Crippen LogP) is 1.75. The molecule has 0 heterocycles. The molecule has 2 rings (SSSR count). The minimum Gasteiger partial charge on any atom is -0.330 e. The molecule has 4 unspecified atom stereocenters. The van der Waals surface area contributed by atoms with E-state index in [1.807, 2.05) is 0 Å². The maximum atomic E-state index is 5.53. The molecule has 0 aliphatic heterocycles. The van der Waals surface area contributed by atoms with Gasteiger partial charge in [-0.2, -0.15) is 0 Å². The van der Waals surface area contributed by atoms with Crippen molar-refractivity contribution in [3.05, 3.63) is 0 Å². The van der Waals surface area contributed by atoms with Gasteiger partial charge in [-0.25, -0.2) is 0 Å². The van der Waals surface area contributed by atoms with E-state index in [1.54, 1.807) is 0 Å². The van der Waals surface area contributed by atoms with E-state index in [0.717, 1.165) is 30.7 Å². The van der Waals surface area contributed by atoms with Crippen molar-refractivity contribution in [1.82, 2.24) is 5.32 Å². The van der Waals surface area contributed by atoms with Gasteiger partial charge in [-0.15, -0.1) is 0 Å². The van der Waals surface area contributed by atoms with Crippen molar-refractivity contribution >= 4 is 0 Å². The molecule has 2 aliphatic rings. The average Bonchev–Trinajstić information content (AvgIpc) is 2.76. The lowest BCUT2D eigenvalue weighted by Crippen LogP contribution is -2.34. The molecule has 2 fully saturated rings. The molecule has 4 atom stereocenters. The van der Waals surface area contributed by atoms with Crippen molar-refractivity contribution in [3.63, 3.8) is 0 Å². The summed E-state index contributed by atoms with van der Waals surface area (Å²) in [7, 11) is 0. The Morgan fingerprint density at radius 2 is 2.21 bits per heavy atom. The predicted molar refractivity (Wildman–Crippen MR) is 60.1 cm³/mol. The van der Waals surface area contributed by atoms with E-state index in [4.69, 9.17) is 5.73 Å². The smallest absolute Gasteiger partial charge is 0.00508 e. The monoisotopic (exact) mass is 196 g/mol. The average molecular weight is 196 g/mol. The van der Waals surface area contributed by atoms with Gasteiger partial charge in [-0.05, 0) is 63.5 Å². The molecule has 0 radical (unpaired) electrons. The lowest BCUT2D eigenvalue weighted by Gasteiger charge is -2.24. The van der Waals surface area contributed by atoms with E-state index in [1.165, 1.54) is 32.2 Å². The number of rotatable bonds is 5. The van der Waals surface area contributed by atoms with Gasteiger partial charge in [0.1, 0.15) is 0 Å². The van der Waals surface area contributed by atoms with Gasteiger partial charge in [-0.3, -0.25) is 0 Å². The van der Waals surface area contributed by atoms with Crippen LogP contribution in [-0.2, 0) is 0 Å². The molecule has 14 heavy (non-hydrogen) atoms. The first kappa shape index (κ1) is 10.4. The Balaban J connectivity index is 1.66. The van der Waals surface area contributed by atoms with Gasteiger partial charge in [0.25, 0.3) is 0 Å². The largest absolute Gasteiger partial charge is 0.330 e. The fourth-order valence-corrected chi connectivity index (χ4v) is 3.33. The van der Waals surface area contributed by atoms with E-state index in [2.05, 4.69) is 12.2 Å². The van der Waals surface area contributed by atoms with Crippen molar-refractivity contribution in [1.29, 1.82) is 0 Å². The zero-order valence-corrected chi connectivity index (χ0v) is 9.34. The molecule has 3 N–H and O–H groups in total. The van der Waals surface area contributed by atoms with Gasteiger partial charge in [0.05, 0.1) is 0 Å². The zero-order chi connectivity index (χ0) is 9.97. The van der Waals surface area contributed by atoms with Crippen LogP contribution in [0, 0.1) is 17.8 Å². The number of hydrogen-bond acceptors (Lipinski definition) is 2. The van der Waals surface area contributed by atoms with Crippen molar-refractivity contribution in [2.24, 2.45) is 23.5 Å². The van der Waals surface area contributed by atoms with Gasteiger partial charge in [0.2, 0.25) is 0 Å². The first-order valence-electron chi connectivity index (χ1n) is 6.23. The second-order valence-corrected chi connectivity index (χ2v) is 5.32. The summed E-state index contributed by atoms with van der Waals surface area (Å²) >= 11 is 0. The molecule has 2 saturated carbocycles. The van der Waals surface area contributed by atoms with E-state index >= 15 is 0 Å². The highest BCUT2D eigenvalue weighted by atomic mass is 14.9. The molecular formula is C12H24N2. The van der Waals surface area contributed by atoms with Crippen LogP contribution in [0.5, 0.6) is 0 Å². The van der Waals surface area contributed by atoms with Gasteiger partial charge in [0.15, 0.2) is 0 Å². The fourth-order valence-electron chi connectivity index (χ4n) is 3.33. The number of nitrogens with two attached hydrogens (primary N) is 1. The minimum absolute atomic E-state index is 0.610. The third kappa shape index (κ3) is 2.29. The van der Waals surface area contributed by atoms with Crippen LogP contribution < -0.4 is 11.1 Å². The standard InChI is InChI=1S/C12H24N2/c1-9(4-5-13)14-8-12-7-10-2-3-11(12)6-10/h9-12,14H,2-8,13H2,1H3. The molecule has 0 aromatic carbocycles. The summed E-state index contributed by atoms with van der Waals surface area (Å²) in [5.41, 5.74) is 5.53. The molecule has 0 aromatic rings. The number of nitrogens with one attached hydrogen (secondary N) is 1. The summed E-state index contributed by atoms with van der Waals surface area (Å²) < 4.78 is 0. The molecule has 2 heteroatoms. The molecule has 2 nitrogen and oxygen atoms in total. The summed E-state index contributed by atoms with van der Waals surface area (Å²) in [5, 5.41) is 3.63. The summed E-state index contributed by atoms with van der Waals surface area (Å²) in [6.45, 7) is 4.30. The summed E-state index contributed by atoms with van der Waals surface area (Å²) in [6, 6.07) is 0.610. The maximum Gasteiger partial charge on any atom is 0.00508 e. The molecule has 2 bridgehead atoms. The Hall–Kier alpha value is -0.0800. The topological polar surface area (TPSA) is 38.0 Å². The third-order valence-electron chi connectivity index (χ3n) is 4.21. The Labute approximate surface area is 87.6 Å². The van der Waals surface area contributed by atoms with Gasteiger partial charge < -0.3 is 11.1 Å². The van der Waals surface area contributed by atoms with Gasteiger partial charge in [-0.1, -0.05) is 6.42 Å². The van der Waals surface area contributed by atoms with Crippen LogP contribution in [-0.4, -0.2) is 19.1 Å². The third-order valence-corrected chi connectivity index (χ3v) is 4.21. The maximum absolute atomic E-state index is 5.53. The van der Waals surface area contributed by atoms with E-state index in [9.17, 15) is 0 Å². The Kier molecular flexibility index (Phi) is 3.45. The van der Waals surface area contributed by atoms with Crippen molar-refractivity contribution in [2.75, 3.05) is 13.1 Å². The number of hydrogen-bond donors (Lipinski definition) is 2. The van der Waals surface area contributed by atoms with Crippen LogP contribution in [0.3, 0.4) is 0 Å². The first-order chi connectivity index (χ1) is 6.79. The fraction of sp³-hybridized carbons (Fsp3) is 1.00. The molecule has 0 aromatic heterocycles. The second-order valence-electron chi connectivity index (χ2n) is 5.32. The normalized spacial score (nSPS) is 37.7. The van der Waals surface area contributed by atoms with E-state index in [0.29, 0.717) is 6.04 Å². The Bertz CT molecular complexity index is 181. The highest BCUT2D eigenvalue weighted by molar-refractivity contribution is 4.91. The SMILES string of the molecule is CC(CCN)NCC1CC2CCC1C2. The first-order valence-corrected chi connectivity index (χ1v) is 6.23. The van der Waals surface area contributed by atoms with E-state index < -0.39 is 0 Å². The van der Waals surface area contributed by atoms with Crippen LogP contribution in [0.15, 0.2) is 0 Å². The minimum atomic E-state index is 0.610. The zero-order valence-electron chi connectivity index (χ0n) is 9.34. The molecule has 0 amide bonds. The summed E-state index contributed by atoms with van der Waals surface area (Å²) in [6.07, 6.45) is 7.15. The van der Waals surface area contributed by atoms with Gasteiger partial charge in [0, 0.05) is 6.04 Å². The van der Waals surface area contributed by atoms with Crippen molar-refractivity contribution < 1.29 is 0 Å². The summed E-state index contributed by atoms with van der Waals surface area (Å²) in [4.78, 5) is 0. The molecule has 0 spiro atoms. The van der Waals surface area contributed by atoms with Crippen molar-refractivity contribution in [2.45, 2.75) is 45.1 Å².